The van der Waals surface area contributed by atoms with Crippen LogP contribution in [-0.2, 0) is 16.5 Å². The molecule has 0 saturated carbocycles. The van der Waals surface area contributed by atoms with E-state index in [9.17, 15) is 18.0 Å². The number of nitrogens with one attached hydrogen (secondary N) is 1. The fraction of sp³-hybridized carbons (Fsp3) is 0.417. The summed E-state index contributed by atoms with van der Waals surface area (Å²) < 4.78 is 37.6. The van der Waals surface area contributed by atoms with Crippen LogP contribution in [0.25, 0.3) is 0 Å². The zero-order chi connectivity index (χ0) is 13.3. The average molecular weight is 245 g/mol. The Morgan fingerprint density at radius 1 is 1.18 bits per heavy atom. The second-order valence-electron chi connectivity index (χ2n) is 4.38. The molecule has 0 saturated heterocycles. The van der Waals surface area contributed by atoms with Gasteiger partial charge in [-0.1, -0.05) is 12.1 Å². The highest BCUT2D eigenvalue weighted by Crippen LogP contribution is 2.31. The van der Waals surface area contributed by atoms with Crippen molar-refractivity contribution in [1.29, 1.82) is 0 Å². The van der Waals surface area contributed by atoms with Crippen LogP contribution in [0.2, 0.25) is 0 Å². The van der Waals surface area contributed by atoms with Crippen LogP contribution < -0.4 is 5.32 Å². The van der Waals surface area contributed by atoms with E-state index in [0.717, 1.165) is 12.1 Å². The highest BCUT2D eigenvalue weighted by Gasteiger charge is 2.32. The third-order valence-corrected chi connectivity index (χ3v) is 2.40. The lowest BCUT2D eigenvalue weighted by molar-refractivity contribution is -0.137. The molecule has 1 N–H and O–H groups in total. The Morgan fingerprint density at radius 2 is 1.71 bits per heavy atom. The van der Waals surface area contributed by atoms with E-state index in [1.807, 2.05) is 0 Å². The summed E-state index contributed by atoms with van der Waals surface area (Å²) in [4.78, 5) is 11.0. The lowest BCUT2D eigenvalue weighted by atomic mass is 9.92. The summed E-state index contributed by atoms with van der Waals surface area (Å²) >= 11 is 0. The quantitative estimate of drug-likeness (QED) is 0.852. The van der Waals surface area contributed by atoms with Crippen LogP contribution in [0.5, 0.6) is 0 Å². The summed E-state index contributed by atoms with van der Waals surface area (Å²) in [6.45, 7) is 4.64. The molecular weight excluding hydrogens is 231 g/mol. The van der Waals surface area contributed by atoms with Gasteiger partial charge in [0.25, 0.3) is 0 Å². The summed E-state index contributed by atoms with van der Waals surface area (Å²) in [7, 11) is 0. The van der Waals surface area contributed by atoms with Gasteiger partial charge in [0.05, 0.1) is 11.1 Å². The van der Waals surface area contributed by atoms with Crippen LogP contribution in [0.15, 0.2) is 24.3 Å². The Hall–Kier alpha value is -1.52. The first-order valence-electron chi connectivity index (χ1n) is 5.09. The number of carbonyl (C=O) groups is 1. The third-order valence-electron chi connectivity index (χ3n) is 2.40. The van der Waals surface area contributed by atoms with Crippen molar-refractivity contribution >= 4 is 5.91 Å². The number of carbonyl (C=O) groups excluding carboxylic acids is 1. The Kier molecular flexibility index (Phi) is 3.50. The lowest BCUT2D eigenvalue weighted by Gasteiger charge is -2.27. The molecule has 1 rings (SSSR count). The predicted octanol–water partition coefficient (Wildman–Crippen LogP) is 3.08. The van der Waals surface area contributed by atoms with Crippen molar-refractivity contribution < 1.29 is 18.0 Å². The maximum absolute atomic E-state index is 12.5. The van der Waals surface area contributed by atoms with Gasteiger partial charge in [0.15, 0.2) is 0 Å². The first-order chi connectivity index (χ1) is 7.63. The maximum Gasteiger partial charge on any atom is 0.416 e. The van der Waals surface area contributed by atoms with E-state index in [2.05, 4.69) is 5.32 Å². The average Bonchev–Trinajstić information content (AvgIpc) is 2.14. The summed E-state index contributed by atoms with van der Waals surface area (Å²) in [5.41, 5.74) is -1.12. The molecule has 0 radical (unpaired) electrons. The van der Waals surface area contributed by atoms with Crippen LogP contribution >= 0.6 is 0 Å². The maximum atomic E-state index is 12.5. The zero-order valence-electron chi connectivity index (χ0n) is 9.85. The normalized spacial score (nSPS) is 12.4. The molecule has 5 heteroatoms. The van der Waals surface area contributed by atoms with Gasteiger partial charge in [0.2, 0.25) is 5.91 Å². The molecule has 0 aliphatic rings. The fourth-order valence-corrected chi connectivity index (χ4v) is 1.60. The van der Waals surface area contributed by atoms with Crippen molar-refractivity contribution in [2.45, 2.75) is 32.5 Å². The molecule has 0 fully saturated rings. The van der Waals surface area contributed by atoms with E-state index < -0.39 is 17.3 Å². The van der Waals surface area contributed by atoms with Crippen LogP contribution in [0.3, 0.4) is 0 Å². The van der Waals surface area contributed by atoms with Crippen LogP contribution in [0.1, 0.15) is 31.9 Å². The Labute approximate surface area is 97.8 Å². The predicted molar refractivity (Wildman–Crippen MR) is 58.3 cm³/mol. The number of benzene rings is 1. The van der Waals surface area contributed by atoms with Crippen molar-refractivity contribution in [3.8, 4) is 0 Å². The van der Waals surface area contributed by atoms with Crippen LogP contribution in [-0.4, -0.2) is 5.91 Å². The van der Waals surface area contributed by atoms with Crippen LogP contribution in [0.4, 0.5) is 13.2 Å². The largest absolute Gasteiger partial charge is 0.416 e. The SMILES string of the molecule is CC(=O)NC(C)(C)c1cccc(C(F)(F)F)c1. The minimum absolute atomic E-state index is 0.285. The van der Waals surface area contributed by atoms with E-state index in [4.69, 9.17) is 0 Å². The van der Waals surface area contributed by atoms with Crippen molar-refractivity contribution in [3.05, 3.63) is 35.4 Å². The minimum Gasteiger partial charge on any atom is -0.347 e. The number of hydrogen-bond donors (Lipinski definition) is 1. The number of hydrogen-bond acceptors (Lipinski definition) is 1. The number of rotatable bonds is 2. The number of halogens is 3. The standard InChI is InChI=1S/C12H14F3NO/c1-8(17)16-11(2,3)9-5-4-6-10(7-9)12(13,14)15/h4-7H,1-3H3,(H,16,17). The second-order valence-corrected chi connectivity index (χ2v) is 4.38. The van der Waals surface area contributed by atoms with E-state index in [1.54, 1.807) is 19.9 Å². The van der Waals surface area contributed by atoms with E-state index in [-0.39, 0.29) is 5.91 Å². The van der Waals surface area contributed by atoms with E-state index in [0.29, 0.717) is 5.56 Å². The summed E-state index contributed by atoms with van der Waals surface area (Å²) in [6, 6.07) is 4.95. The van der Waals surface area contributed by atoms with E-state index in [1.165, 1.54) is 13.0 Å². The van der Waals surface area contributed by atoms with Gasteiger partial charge in [-0.3, -0.25) is 4.79 Å². The lowest BCUT2D eigenvalue weighted by Crippen LogP contribution is -2.39. The molecule has 0 aromatic heterocycles. The summed E-state index contributed by atoms with van der Waals surface area (Å²) in [5, 5.41) is 2.61. The monoisotopic (exact) mass is 245 g/mol. The van der Waals surface area contributed by atoms with Gasteiger partial charge >= 0.3 is 6.18 Å². The number of alkyl halides is 3. The summed E-state index contributed by atoms with van der Waals surface area (Å²) in [5.74, 6) is -0.285. The highest BCUT2D eigenvalue weighted by atomic mass is 19.4. The molecule has 0 unspecified atom stereocenters. The molecule has 2 nitrogen and oxygen atoms in total. The third kappa shape index (κ3) is 3.47. The Morgan fingerprint density at radius 3 is 2.18 bits per heavy atom. The topological polar surface area (TPSA) is 29.1 Å². The van der Waals surface area contributed by atoms with Gasteiger partial charge in [0.1, 0.15) is 0 Å². The highest BCUT2D eigenvalue weighted by molar-refractivity contribution is 5.74. The van der Waals surface area contributed by atoms with Gasteiger partial charge in [0, 0.05) is 6.92 Å². The molecule has 94 valence electrons. The molecule has 1 aromatic carbocycles. The van der Waals surface area contributed by atoms with Gasteiger partial charge in [-0.25, -0.2) is 0 Å². The van der Waals surface area contributed by atoms with Gasteiger partial charge in [-0.05, 0) is 31.5 Å². The molecule has 0 aliphatic carbocycles. The van der Waals surface area contributed by atoms with Crippen molar-refractivity contribution in [2.24, 2.45) is 0 Å². The second kappa shape index (κ2) is 4.39. The van der Waals surface area contributed by atoms with Crippen molar-refractivity contribution in [3.63, 3.8) is 0 Å². The molecule has 0 spiro atoms. The number of amides is 1. The molecule has 0 heterocycles. The van der Waals surface area contributed by atoms with Gasteiger partial charge < -0.3 is 5.32 Å². The molecular formula is C12H14F3NO. The molecule has 17 heavy (non-hydrogen) atoms. The van der Waals surface area contributed by atoms with Crippen LogP contribution in [0, 0.1) is 0 Å². The Bertz CT molecular complexity index is 424. The summed E-state index contributed by atoms with van der Waals surface area (Å²) in [6.07, 6.45) is -4.37. The molecule has 0 atom stereocenters. The Balaban J connectivity index is 3.11. The van der Waals surface area contributed by atoms with Gasteiger partial charge in [-0.2, -0.15) is 13.2 Å². The first kappa shape index (κ1) is 13.5. The molecule has 0 aliphatic heterocycles. The first-order valence-corrected chi connectivity index (χ1v) is 5.09. The molecule has 1 amide bonds. The fourth-order valence-electron chi connectivity index (χ4n) is 1.60. The van der Waals surface area contributed by atoms with Gasteiger partial charge in [-0.15, -0.1) is 0 Å². The van der Waals surface area contributed by atoms with Crippen molar-refractivity contribution in [1.82, 2.24) is 5.32 Å². The van der Waals surface area contributed by atoms with Crippen molar-refractivity contribution in [2.75, 3.05) is 0 Å². The van der Waals surface area contributed by atoms with E-state index >= 15 is 0 Å². The zero-order valence-corrected chi connectivity index (χ0v) is 9.85. The molecule has 1 aromatic rings. The molecule has 0 bridgehead atoms. The smallest absolute Gasteiger partial charge is 0.347 e. The minimum atomic E-state index is -4.37.